The lowest BCUT2D eigenvalue weighted by atomic mass is 10.1. The van der Waals surface area contributed by atoms with E-state index in [1.807, 2.05) is 25.1 Å². The molecule has 4 rings (SSSR count). The second-order valence-corrected chi connectivity index (χ2v) is 9.00. The summed E-state index contributed by atoms with van der Waals surface area (Å²) in [7, 11) is 0. The maximum atomic E-state index is 13.5. The molecule has 32 heavy (non-hydrogen) atoms. The molecule has 2 aliphatic rings. The standard InChI is InChI=1S/C24H26BrN3O4/c1-17-3-2-4-18(15-17)23(30)27(10-9-26-11-13-32-14-12-26)21-16-22(29)28(24(21)31)20-7-5-19(25)6-8-20/h2-8,15,21H,9-14,16H2,1H3. The quantitative estimate of drug-likeness (QED) is 0.571. The minimum Gasteiger partial charge on any atom is -0.379 e. The first-order chi connectivity index (χ1) is 15.4. The summed E-state index contributed by atoms with van der Waals surface area (Å²) in [6.45, 7) is 5.80. The second-order valence-electron chi connectivity index (χ2n) is 8.09. The van der Waals surface area contributed by atoms with Crippen LogP contribution in [-0.2, 0) is 14.3 Å². The Kier molecular flexibility index (Phi) is 7.03. The molecule has 0 aliphatic carbocycles. The van der Waals surface area contributed by atoms with Gasteiger partial charge < -0.3 is 9.64 Å². The zero-order valence-electron chi connectivity index (χ0n) is 18.0. The fourth-order valence-corrected chi connectivity index (χ4v) is 4.40. The number of hydrogen-bond donors (Lipinski definition) is 0. The van der Waals surface area contributed by atoms with Crippen molar-refractivity contribution in [2.24, 2.45) is 0 Å². The first-order valence-corrected chi connectivity index (χ1v) is 11.5. The summed E-state index contributed by atoms with van der Waals surface area (Å²) in [4.78, 5) is 44.7. The average Bonchev–Trinajstić information content (AvgIpc) is 3.09. The molecule has 0 bridgehead atoms. The molecule has 2 fully saturated rings. The maximum absolute atomic E-state index is 13.5. The van der Waals surface area contributed by atoms with Crippen molar-refractivity contribution in [2.75, 3.05) is 44.3 Å². The van der Waals surface area contributed by atoms with Crippen molar-refractivity contribution >= 4 is 39.3 Å². The first kappa shape index (κ1) is 22.6. The molecule has 0 N–H and O–H groups in total. The number of halogens is 1. The van der Waals surface area contributed by atoms with Gasteiger partial charge in [0.1, 0.15) is 6.04 Å². The summed E-state index contributed by atoms with van der Waals surface area (Å²) in [6.07, 6.45) is -0.0183. The Labute approximate surface area is 196 Å². The van der Waals surface area contributed by atoms with Gasteiger partial charge in [0.25, 0.3) is 11.8 Å². The summed E-state index contributed by atoms with van der Waals surface area (Å²) < 4.78 is 6.27. The zero-order chi connectivity index (χ0) is 22.7. The highest BCUT2D eigenvalue weighted by atomic mass is 79.9. The average molecular weight is 500 g/mol. The first-order valence-electron chi connectivity index (χ1n) is 10.7. The van der Waals surface area contributed by atoms with Crippen molar-refractivity contribution < 1.29 is 19.1 Å². The summed E-state index contributed by atoms with van der Waals surface area (Å²) in [5, 5.41) is 0. The number of amides is 3. The number of imide groups is 1. The van der Waals surface area contributed by atoms with Crippen molar-refractivity contribution in [2.45, 2.75) is 19.4 Å². The molecule has 2 saturated heterocycles. The van der Waals surface area contributed by atoms with Gasteiger partial charge in [0.05, 0.1) is 25.3 Å². The van der Waals surface area contributed by atoms with Crippen molar-refractivity contribution in [3.8, 4) is 0 Å². The van der Waals surface area contributed by atoms with Crippen molar-refractivity contribution in [1.29, 1.82) is 0 Å². The summed E-state index contributed by atoms with van der Waals surface area (Å²) >= 11 is 3.37. The van der Waals surface area contributed by atoms with E-state index in [1.54, 1.807) is 35.2 Å². The SMILES string of the molecule is Cc1cccc(C(=O)N(CCN2CCOCC2)C2CC(=O)N(c3ccc(Br)cc3)C2=O)c1. The molecule has 1 unspecified atom stereocenters. The number of carbonyl (C=O) groups is 3. The number of nitrogens with zero attached hydrogens (tertiary/aromatic N) is 3. The third kappa shape index (κ3) is 4.92. The minimum absolute atomic E-state index is 0.0183. The van der Waals surface area contributed by atoms with E-state index in [0.29, 0.717) is 37.6 Å². The molecular weight excluding hydrogens is 474 g/mol. The van der Waals surface area contributed by atoms with Crippen LogP contribution in [0, 0.1) is 6.92 Å². The predicted octanol–water partition coefficient (Wildman–Crippen LogP) is 2.86. The monoisotopic (exact) mass is 499 g/mol. The van der Waals surface area contributed by atoms with Crippen LogP contribution in [0.15, 0.2) is 53.0 Å². The van der Waals surface area contributed by atoms with Crippen LogP contribution in [0.2, 0.25) is 0 Å². The Morgan fingerprint density at radius 1 is 1.12 bits per heavy atom. The largest absolute Gasteiger partial charge is 0.379 e. The van der Waals surface area contributed by atoms with E-state index in [0.717, 1.165) is 23.1 Å². The summed E-state index contributed by atoms with van der Waals surface area (Å²) in [6, 6.07) is 13.5. The van der Waals surface area contributed by atoms with Crippen LogP contribution < -0.4 is 4.90 Å². The molecule has 3 amide bonds. The van der Waals surface area contributed by atoms with Gasteiger partial charge in [-0.05, 0) is 43.3 Å². The third-order valence-corrected chi connectivity index (χ3v) is 6.40. The van der Waals surface area contributed by atoms with Crippen LogP contribution in [0.3, 0.4) is 0 Å². The van der Waals surface area contributed by atoms with Gasteiger partial charge >= 0.3 is 0 Å². The molecule has 168 valence electrons. The maximum Gasteiger partial charge on any atom is 0.257 e. The fourth-order valence-electron chi connectivity index (χ4n) is 4.14. The molecular formula is C24H26BrN3O4. The van der Waals surface area contributed by atoms with Gasteiger partial charge in [0.2, 0.25) is 5.91 Å². The number of anilines is 1. The van der Waals surface area contributed by atoms with Crippen LogP contribution in [0.25, 0.3) is 0 Å². The van der Waals surface area contributed by atoms with E-state index in [4.69, 9.17) is 4.74 Å². The highest BCUT2D eigenvalue weighted by Gasteiger charge is 2.44. The molecule has 2 aromatic carbocycles. The van der Waals surface area contributed by atoms with E-state index < -0.39 is 6.04 Å². The lowest BCUT2D eigenvalue weighted by Gasteiger charge is -2.32. The van der Waals surface area contributed by atoms with E-state index in [9.17, 15) is 14.4 Å². The Morgan fingerprint density at radius 3 is 2.53 bits per heavy atom. The van der Waals surface area contributed by atoms with Crippen molar-refractivity contribution in [1.82, 2.24) is 9.80 Å². The van der Waals surface area contributed by atoms with E-state index in [-0.39, 0.29) is 24.1 Å². The van der Waals surface area contributed by atoms with Gasteiger partial charge in [0, 0.05) is 36.2 Å². The smallest absolute Gasteiger partial charge is 0.257 e. The van der Waals surface area contributed by atoms with Crippen LogP contribution in [0.5, 0.6) is 0 Å². The van der Waals surface area contributed by atoms with Gasteiger partial charge in [-0.25, -0.2) is 4.90 Å². The van der Waals surface area contributed by atoms with E-state index in [1.165, 1.54) is 4.90 Å². The fraction of sp³-hybridized carbons (Fsp3) is 0.375. The zero-order valence-corrected chi connectivity index (χ0v) is 19.6. The molecule has 2 aliphatic heterocycles. The third-order valence-electron chi connectivity index (χ3n) is 5.87. The van der Waals surface area contributed by atoms with Gasteiger partial charge in [-0.3, -0.25) is 19.3 Å². The molecule has 0 spiro atoms. The molecule has 7 nitrogen and oxygen atoms in total. The predicted molar refractivity (Wildman–Crippen MR) is 125 cm³/mol. The van der Waals surface area contributed by atoms with Gasteiger partial charge in [-0.15, -0.1) is 0 Å². The Morgan fingerprint density at radius 2 is 1.84 bits per heavy atom. The summed E-state index contributed by atoms with van der Waals surface area (Å²) in [5.41, 5.74) is 2.01. The minimum atomic E-state index is -0.819. The van der Waals surface area contributed by atoms with Crippen LogP contribution >= 0.6 is 15.9 Å². The Hall–Kier alpha value is -2.55. The molecule has 1 atom stereocenters. The van der Waals surface area contributed by atoms with Gasteiger partial charge in [-0.1, -0.05) is 33.6 Å². The van der Waals surface area contributed by atoms with Crippen LogP contribution in [-0.4, -0.2) is 73.0 Å². The normalized spacial score (nSPS) is 19.4. The van der Waals surface area contributed by atoms with E-state index in [2.05, 4.69) is 20.8 Å². The lowest BCUT2D eigenvalue weighted by molar-refractivity contribution is -0.122. The number of ether oxygens (including phenoxy) is 1. The Balaban J connectivity index is 1.59. The molecule has 0 saturated carbocycles. The Bertz CT molecular complexity index is 1000. The van der Waals surface area contributed by atoms with Crippen LogP contribution in [0.4, 0.5) is 5.69 Å². The lowest BCUT2D eigenvalue weighted by Crippen LogP contribution is -2.49. The topological polar surface area (TPSA) is 70.2 Å². The molecule has 2 heterocycles. The highest BCUT2D eigenvalue weighted by molar-refractivity contribution is 9.10. The number of rotatable bonds is 6. The van der Waals surface area contributed by atoms with E-state index >= 15 is 0 Å². The van der Waals surface area contributed by atoms with Gasteiger partial charge in [0.15, 0.2) is 0 Å². The second kappa shape index (κ2) is 9.94. The number of carbonyl (C=O) groups excluding carboxylic acids is 3. The summed E-state index contributed by atoms with van der Waals surface area (Å²) in [5.74, 6) is -0.887. The van der Waals surface area contributed by atoms with Crippen molar-refractivity contribution in [3.63, 3.8) is 0 Å². The number of hydrogen-bond acceptors (Lipinski definition) is 5. The highest BCUT2D eigenvalue weighted by Crippen LogP contribution is 2.28. The number of morpholine rings is 1. The van der Waals surface area contributed by atoms with Crippen molar-refractivity contribution in [3.05, 3.63) is 64.1 Å². The molecule has 0 radical (unpaired) electrons. The number of aryl methyl sites for hydroxylation is 1. The molecule has 8 heteroatoms. The van der Waals surface area contributed by atoms with Crippen LogP contribution in [0.1, 0.15) is 22.3 Å². The van der Waals surface area contributed by atoms with Gasteiger partial charge in [-0.2, -0.15) is 0 Å². The molecule has 2 aromatic rings. The number of benzene rings is 2. The molecule has 0 aromatic heterocycles.